The van der Waals surface area contributed by atoms with Crippen LogP contribution in [0.15, 0.2) is 28.8 Å². The van der Waals surface area contributed by atoms with Crippen LogP contribution in [-0.4, -0.2) is 34.3 Å². The monoisotopic (exact) mass is 281 g/mol. The lowest BCUT2D eigenvalue weighted by Gasteiger charge is -2.17. The van der Waals surface area contributed by atoms with Crippen LogP contribution in [0.5, 0.6) is 0 Å². The second kappa shape index (κ2) is 5.27. The average Bonchev–Trinajstić information content (AvgIpc) is 2.86. The third-order valence-electron chi connectivity index (χ3n) is 2.74. The second-order valence-electron chi connectivity index (χ2n) is 4.04. The van der Waals surface area contributed by atoms with Gasteiger partial charge in [-0.2, -0.15) is 4.98 Å². The van der Waals surface area contributed by atoms with Crippen molar-refractivity contribution in [3.8, 4) is 11.4 Å². The van der Waals surface area contributed by atoms with Crippen LogP contribution in [0.1, 0.15) is 6.92 Å². The summed E-state index contributed by atoms with van der Waals surface area (Å²) >= 11 is 5.88. The SMILES string of the molecule is CC(C(=O)O)N(C)c1nc(-c2cccc(Cl)c2)no1. The molecule has 0 aliphatic heterocycles. The van der Waals surface area contributed by atoms with Gasteiger partial charge in [0.25, 0.3) is 0 Å². The Hall–Kier alpha value is -2.08. The van der Waals surface area contributed by atoms with Crippen LogP contribution in [-0.2, 0) is 4.79 Å². The van der Waals surface area contributed by atoms with Crippen molar-refractivity contribution in [3.63, 3.8) is 0 Å². The van der Waals surface area contributed by atoms with Gasteiger partial charge in [0.1, 0.15) is 6.04 Å². The van der Waals surface area contributed by atoms with Crippen LogP contribution < -0.4 is 4.90 Å². The summed E-state index contributed by atoms with van der Waals surface area (Å²) in [5.41, 5.74) is 0.707. The molecule has 100 valence electrons. The Bertz CT molecular complexity index is 599. The van der Waals surface area contributed by atoms with Crippen molar-refractivity contribution < 1.29 is 14.4 Å². The molecule has 7 heteroatoms. The van der Waals surface area contributed by atoms with E-state index in [0.29, 0.717) is 16.4 Å². The maximum atomic E-state index is 10.9. The zero-order valence-electron chi connectivity index (χ0n) is 10.4. The fraction of sp³-hybridized carbons (Fsp3) is 0.250. The van der Waals surface area contributed by atoms with Crippen molar-refractivity contribution >= 4 is 23.6 Å². The molecule has 2 aromatic rings. The van der Waals surface area contributed by atoms with E-state index in [2.05, 4.69) is 10.1 Å². The Kier molecular flexibility index (Phi) is 3.71. The van der Waals surface area contributed by atoms with E-state index in [1.807, 2.05) is 0 Å². The predicted octanol–water partition coefficient (Wildman–Crippen LogP) is 2.30. The standard InChI is InChI=1S/C12H12ClN3O3/c1-7(11(17)18)16(2)12-14-10(15-19-12)8-4-3-5-9(13)6-8/h3-7H,1-2H3,(H,17,18). The van der Waals surface area contributed by atoms with E-state index in [4.69, 9.17) is 21.2 Å². The summed E-state index contributed by atoms with van der Waals surface area (Å²) in [7, 11) is 1.58. The highest BCUT2D eigenvalue weighted by atomic mass is 35.5. The summed E-state index contributed by atoms with van der Waals surface area (Å²) < 4.78 is 5.05. The molecule has 1 N–H and O–H groups in total. The number of likely N-dealkylation sites (N-methyl/N-ethyl adjacent to an activating group) is 1. The molecule has 0 fully saturated rings. The fourth-order valence-electron chi connectivity index (χ4n) is 1.43. The lowest BCUT2D eigenvalue weighted by molar-refractivity contribution is -0.138. The van der Waals surface area contributed by atoms with Crippen molar-refractivity contribution in [1.29, 1.82) is 0 Å². The van der Waals surface area contributed by atoms with Gasteiger partial charge in [0.15, 0.2) is 0 Å². The van der Waals surface area contributed by atoms with E-state index < -0.39 is 12.0 Å². The van der Waals surface area contributed by atoms with Gasteiger partial charge in [0.05, 0.1) is 0 Å². The van der Waals surface area contributed by atoms with E-state index >= 15 is 0 Å². The van der Waals surface area contributed by atoms with Crippen LogP contribution in [0.4, 0.5) is 6.01 Å². The Morgan fingerprint density at radius 3 is 2.89 bits per heavy atom. The van der Waals surface area contributed by atoms with Gasteiger partial charge < -0.3 is 14.5 Å². The van der Waals surface area contributed by atoms with Gasteiger partial charge in [-0.05, 0) is 19.1 Å². The molecule has 0 aliphatic carbocycles. The highest BCUT2D eigenvalue weighted by molar-refractivity contribution is 6.30. The average molecular weight is 282 g/mol. The number of hydrogen-bond acceptors (Lipinski definition) is 5. The summed E-state index contributed by atoms with van der Waals surface area (Å²) in [6.45, 7) is 1.53. The second-order valence-corrected chi connectivity index (χ2v) is 4.47. The third kappa shape index (κ3) is 2.85. The summed E-state index contributed by atoms with van der Waals surface area (Å²) in [5.74, 6) is -0.605. The van der Waals surface area contributed by atoms with Gasteiger partial charge in [0.2, 0.25) is 5.82 Å². The molecule has 1 aromatic heterocycles. The normalized spacial score (nSPS) is 12.2. The number of halogens is 1. The molecule has 6 nitrogen and oxygen atoms in total. The fourth-order valence-corrected chi connectivity index (χ4v) is 1.63. The van der Waals surface area contributed by atoms with E-state index in [9.17, 15) is 4.79 Å². The first-order valence-corrected chi connectivity index (χ1v) is 5.92. The molecule has 0 bridgehead atoms. The highest BCUT2D eigenvalue weighted by Gasteiger charge is 2.22. The molecule has 19 heavy (non-hydrogen) atoms. The first-order valence-electron chi connectivity index (χ1n) is 5.54. The Balaban J connectivity index is 2.26. The zero-order chi connectivity index (χ0) is 14.0. The lowest BCUT2D eigenvalue weighted by atomic mass is 10.2. The number of carboxylic acids is 1. The van der Waals surface area contributed by atoms with E-state index in [-0.39, 0.29) is 6.01 Å². The molecule has 0 saturated heterocycles. The van der Waals surface area contributed by atoms with Gasteiger partial charge in [-0.3, -0.25) is 0 Å². The smallest absolute Gasteiger partial charge is 0.326 e. The van der Waals surface area contributed by atoms with Crippen LogP contribution >= 0.6 is 11.6 Å². The lowest BCUT2D eigenvalue weighted by Crippen LogP contribution is -2.35. The molecule has 0 saturated carbocycles. The zero-order valence-corrected chi connectivity index (χ0v) is 11.1. The minimum Gasteiger partial charge on any atom is -0.480 e. The van der Waals surface area contributed by atoms with Crippen LogP contribution in [0.25, 0.3) is 11.4 Å². The maximum absolute atomic E-state index is 10.9. The van der Waals surface area contributed by atoms with Gasteiger partial charge in [-0.15, -0.1) is 0 Å². The van der Waals surface area contributed by atoms with Gasteiger partial charge in [-0.1, -0.05) is 28.9 Å². The molecule has 1 heterocycles. The molecule has 0 aliphatic rings. The van der Waals surface area contributed by atoms with Gasteiger partial charge in [-0.25, -0.2) is 4.79 Å². The van der Waals surface area contributed by atoms with Crippen molar-refractivity contribution in [1.82, 2.24) is 10.1 Å². The number of aromatic nitrogens is 2. The molecular weight excluding hydrogens is 270 g/mol. The number of aliphatic carboxylic acids is 1. The minimum absolute atomic E-state index is 0.143. The highest BCUT2D eigenvalue weighted by Crippen LogP contribution is 2.22. The summed E-state index contributed by atoms with van der Waals surface area (Å²) in [4.78, 5) is 16.4. The molecule has 1 atom stereocenters. The summed E-state index contributed by atoms with van der Waals surface area (Å²) in [6.07, 6.45) is 0. The van der Waals surface area contributed by atoms with Gasteiger partial charge in [0, 0.05) is 17.6 Å². The van der Waals surface area contributed by atoms with E-state index in [1.54, 1.807) is 31.3 Å². The van der Waals surface area contributed by atoms with Crippen LogP contribution in [0, 0.1) is 0 Å². The minimum atomic E-state index is -0.968. The number of anilines is 1. The molecular formula is C12H12ClN3O3. The number of benzene rings is 1. The maximum Gasteiger partial charge on any atom is 0.326 e. The van der Waals surface area contributed by atoms with Gasteiger partial charge >= 0.3 is 12.0 Å². The Labute approximate surface area is 114 Å². The summed E-state index contributed by atoms with van der Waals surface area (Å²) in [6, 6.07) is 6.40. The molecule has 0 radical (unpaired) electrons. The third-order valence-corrected chi connectivity index (χ3v) is 2.97. The number of nitrogens with zero attached hydrogens (tertiary/aromatic N) is 3. The topological polar surface area (TPSA) is 79.5 Å². The van der Waals surface area contributed by atoms with E-state index in [0.717, 1.165) is 0 Å². The molecule has 1 aromatic carbocycles. The van der Waals surface area contributed by atoms with Crippen LogP contribution in [0.3, 0.4) is 0 Å². The van der Waals surface area contributed by atoms with Crippen LogP contribution in [0.2, 0.25) is 5.02 Å². The Morgan fingerprint density at radius 1 is 1.53 bits per heavy atom. The predicted molar refractivity (Wildman–Crippen MR) is 70.2 cm³/mol. The first kappa shape index (κ1) is 13.4. The van der Waals surface area contributed by atoms with Crippen molar-refractivity contribution in [2.24, 2.45) is 0 Å². The molecule has 1 unspecified atom stereocenters. The number of carboxylic acid groups (broad SMARTS) is 1. The quantitative estimate of drug-likeness (QED) is 0.926. The number of hydrogen-bond donors (Lipinski definition) is 1. The number of rotatable bonds is 4. The first-order chi connectivity index (χ1) is 8.99. The molecule has 0 amide bonds. The van der Waals surface area contributed by atoms with Crippen molar-refractivity contribution in [3.05, 3.63) is 29.3 Å². The number of carbonyl (C=O) groups is 1. The largest absolute Gasteiger partial charge is 0.480 e. The van der Waals surface area contributed by atoms with E-state index in [1.165, 1.54) is 11.8 Å². The van der Waals surface area contributed by atoms with Crippen molar-refractivity contribution in [2.75, 3.05) is 11.9 Å². The Morgan fingerprint density at radius 2 is 2.26 bits per heavy atom. The molecule has 2 rings (SSSR count). The van der Waals surface area contributed by atoms with Crippen molar-refractivity contribution in [2.45, 2.75) is 13.0 Å². The summed E-state index contributed by atoms with van der Waals surface area (Å²) in [5, 5.41) is 13.3. The molecule has 0 spiro atoms.